The Balaban J connectivity index is 1.61. The van der Waals surface area contributed by atoms with E-state index in [1.165, 1.54) is 17.8 Å². The Morgan fingerprint density at radius 3 is 2.48 bits per heavy atom. The van der Waals surface area contributed by atoms with Gasteiger partial charge in [-0.15, -0.1) is 0 Å². The predicted molar refractivity (Wildman–Crippen MR) is 113 cm³/mol. The normalized spacial score (nSPS) is 15.5. The molecule has 1 heterocycles. The first-order chi connectivity index (χ1) is 14.8. The van der Waals surface area contributed by atoms with Crippen LogP contribution in [0.3, 0.4) is 0 Å². The number of anilines is 1. The predicted octanol–water partition coefficient (Wildman–Crippen LogP) is 5.66. The van der Waals surface area contributed by atoms with Gasteiger partial charge in [0.2, 0.25) is 0 Å². The molecule has 0 atom stereocenters. The molecular formula is C23H21ClF3N3O. The van der Waals surface area contributed by atoms with E-state index in [0.717, 1.165) is 31.4 Å². The monoisotopic (exact) mass is 447 g/mol. The number of nitriles is 1. The van der Waals surface area contributed by atoms with Crippen molar-refractivity contribution in [2.45, 2.75) is 25.4 Å². The van der Waals surface area contributed by atoms with Gasteiger partial charge in [-0.05, 0) is 48.9 Å². The lowest BCUT2D eigenvalue weighted by atomic mass is 9.90. The van der Waals surface area contributed by atoms with Gasteiger partial charge in [0.15, 0.2) is 0 Å². The molecule has 0 aromatic heterocycles. The molecule has 8 heteroatoms. The SMILES string of the molecule is N#C/C(=C/N1CCC(Cc2ccccc2)CC1)C(=O)Nc1ccc(Cl)c(C(F)(F)F)c1. The molecule has 1 amide bonds. The van der Waals surface area contributed by atoms with Crippen molar-refractivity contribution in [3.8, 4) is 6.07 Å². The molecule has 2 aromatic rings. The summed E-state index contributed by atoms with van der Waals surface area (Å²) in [6.07, 6.45) is -0.317. The number of nitrogens with zero attached hydrogens (tertiary/aromatic N) is 2. The van der Waals surface area contributed by atoms with Gasteiger partial charge in [0.1, 0.15) is 11.6 Å². The van der Waals surface area contributed by atoms with Crippen LogP contribution in [-0.2, 0) is 17.4 Å². The Hall–Kier alpha value is -2.98. The van der Waals surface area contributed by atoms with Crippen molar-refractivity contribution in [3.05, 3.63) is 76.5 Å². The van der Waals surface area contributed by atoms with Crippen LogP contribution in [0.2, 0.25) is 5.02 Å². The standard InChI is InChI=1S/C23H21ClF3N3O/c24-21-7-6-19(13-20(21)23(25,26)27)29-22(31)18(14-28)15-30-10-8-17(9-11-30)12-16-4-2-1-3-5-16/h1-7,13,15,17H,8-12H2,(H,29,31)/b18-15-. The van der Waals surface area contributed by atoms with Gasteiger partial charge in [-0.2, -0.15) is 18.4 Å². The largest absolute Gasteiger partial charge is 0.417 e. The molecule has 0 aliphatic carbocycles. The number of alkyl halides is 3. The molecule has 0 unspecified atom stereocenters. The van der Waals surface area contributed by atoms with Gasteiger partial charge in [0.25, 0.3) is 5.91 Å². The van der Waals surface area contributed by atoms with Gasteiger partial charge < -0.3 is 10.2 Å². The third-order valence-electron chi connectivity index (χ3n) is 5.22. The van der Waals surface area contributed by atoms with Crippen LogP contribution < -0.4 is 5.32 Å². The summed E-state index contributed by atoms with van der Waals surface area (Å²) in [5.41, 5.74) is -0.000760. The lowest BCUT2D eigenvalue weighted by Gasteiger charge is -2.31. The van der Waals surface area contributed by atoms with E-state index < -0.39 is 22.7 Å². The Bertz CT molecular complexity index is 991. The zero-order valence-electron chi connectivity index (χ0n) is 16.6. The molecular weight excluding hydrogens is 427 g/mol. The fourth-order valence-corrected chi connectivity index (χ4v) is 3.80. The molecule has 0 bridgehead atoms. The van der Waals surface area contributed by atoms with Crippen LogP contribution in [0.4, 0.5) is 18.9 Å². The minimum atomic E-state index is -4.64. The maximum atomic E-state index is 13.0. The number of halogens is 4. The smallest absolute Gasteiger partial charge is 0.376 e. The van der Waals surface area contributed by atoms with E-state index in [9.17, 15) is 23.2 Å². The van der Waals surface area contributed by atoms with E-state index in [2.05, 4.69) is 17.4 Å². The van der Waals surface area contributed by atoms with Crippen molar-refractivity contribution in [2.24, 2.45) is 5.92 Å². The summed E-state index contributed by atoms with van der Waals surface area (Å²) in [7, 11) is 0. The zero-order valence-corrected chi connectivity index (χ0v) is 17.4. The molecule has 0 saturated carbocycles. The number of rotatable bonds is 5. The quantitative estimate of drug-likeness (QED) is 0.475. The van der Waals surface area contributed by atoms with E-state index in [0.29, 0.717) is 19.0 Å². The number of benzene rings is 2. The molecule has 1 saturated heterocycles. The number of nitrogens with one attached hydrogen (secondary N) is 1. The molecule has 1 aliphatic heterocycles. The lowest BCUT2D eigenvalue weighted by molar-refractivity contribution is -0.137. The number of carbonyl (C=O) groups excluding carboxylic acids is 1. The molecule has 0 radical (unpaired) electrons. The van der Waals surface area contributed by atoms with Gasteiger partial charge in [-0.3, -0.25) is 4.79 Å². The highest BCUT2D eigenvalue weighted by molar-refractivity contribution is 6.31. The topological polar surface area (TPSA) is 56.1 Å². The first-order valence-electron chi connectivity index (χ1n) is 9.84. The maximum Gasteiger partial charge on any atom is 0.417 e. The highest BCUT2D eigenvalue weighted by Gasteiger charge is 2.33. The van der Waals surface area contributed by atoms with E-state index in [4.69, 9.17) is 11.6 Å². The number of hydrogen-bond donors (Lipinski definition) is 1. The molecule has 31 heavy (non-hydrogen) atoms. The Kier molecular flexibility index (Phi) is 7.24. The third kappa shape index (κ3) is 6.25. The molecule has 1 fully saturated rings. The highest BCUT2D eigenvalue weighted by Crippen LogP contribution is 2.36. The van der Waals surface area contributed by atoms with Crippen LogP contribution in [0.5, 0.6) is 0 Å². The first kappa shape index (κ1) is 22.7. The zero-order chi connectivity index (χ0) is 22.4. The average Bonchev–Trinajstić information content (AvgIpc) is 2.74. The molecule has 0 spiro atoms. The molecule has 3 rings (SSSR count). The van der Waals surface area contributed by atoms with Gasteiger partial charge in [-0.25, -0.2) is 0 Å². The summed E-state index contributed by atoms with van der Waals surface area (Å²) in [6.45, 7) is 1.41. The van der Waals surface area contributed by atoms with Crippen molar-refractivity contribution in [3.63, 3.8) is 0 Å². The second-order valence-corrected chi connectivity index (χ2v) is 7.88. The maximum absolute atomic E-state index is 13.0. The van der Waals surface area contributed by atoms with Gasteiger partial charge in [0, 0.05) is 25.0 Å². The fraction of sp³-hybridized carbons (Fsp3) is 0.304. The van der Waals surface area contributed by atoms with Gasteiger partial charge in [0.05, 0.1) is 10.6 Å². The fourth-order valence-electron chi connectivity index (χ4n) is 3.57. The van der Waals surface area contributed by atoms with Crippen molar-refractivity contribution in [1.29, 1.82) is 5.26 Å². The van der Waals surface area contributed by atoms with Crippen LogP contribution in [0, 0.1) is 17.2 Å². The second kappa shape index (κ2) is 9.88. The molecule has 162 valence electrons. The summed E-state index contributed by atoms with van der Waals surface area (Å²) in [5.74, 6) is -0.231. The second-order valence-electron chi connectivity index (χ2n) is 7.47. The van der Waals surface area contributed by atoms with E-state index in [1.54, 1.807) is 0 Å². The third-order valence-corrected chi connectivity index (χ3v) is 5.55. The van der Waals surface area contributed by atoms with Crippen LogP contribution in [0.1, 0.15) is 24.0 Å². The highest BCUT2D eigenvalue weighted by atomic mass is 35.5. The van der Waals surface area contributed by atoms with Crippen LogP contribution >= 0.6 is 11.6 Å². The van der Waals surface area contributed by atoms with Crippen LogP contribution in [-0.4, -0.2) is 23.9 Å². The number of likely N-dealkylation sites (tertiary alicyclic amines) is 1. The summed E-state index contributed by atoms with van der Waals surface area (Å²) in [6, 6.07) is 15.1. The van der Waals surface area contributed by atoms with E-state index >= 15 is 0 Å². The number of hydrogen-bond acceptors (Lipinski definition) is 3. The molecule has 1 N–H and O–H groups in total. The van der Waals surface area contributed by atoms with Crippen molar-refractivity contribution in [1.82, 2.24) is 4.90 Å². The van der Waals surface area contributed by atoms with Crippen LogP contribution in [0.25, 0.3) is 0 Å². The molecule has 4 nitrogen and oxygen atoms in total. The van der Waals surface area contributed by atoms with E-state index in [1.807, 2.05) is 29.2 Å². The minimum Gasteiger partial charge on any atom is -0.376 e. The Labute approximate surface area is 183 Å². The number of piperidine rings is 1. The van der Waals surface area contributed by atoms with E-state index in [-0.39, 0.29) is 11.3 Å². The Morgan fingerprint density at radius 2 is 1.87 bits per heavy atom. The summed E-state index contributed by atoms with van der Waals surface area (Å²) in [5, 5.41) is 11.3. The first-order valence-corrected chi connectivity index (χ1v) is 10.2. The lowest BCUT2D eigenvalue weighted by Crippen LogP contribution is -2.31. The molecule has 2 aromatic carbocycles. The van der Waals surface area contributed by atoms with Crippen LogP contribution in [0.15, 0.2) is 60.3 Å². The summed E-state index contributed by atoms with van der Waals surface area (Å²) >= 11 is 5.60. The average molecular weight is 448 g/mol. The number of amides is 1. The van der Waals surface area contributed by atoms with Crippen molar-refractivity contribution < 1.29 is 18.0 Å². The number of carbonyl (C=O) groups is 1. The Morgan fingerprint density at radius 1 is 1.19 bits per heavy atom. The summed E-state index contributed by atoms with van der Waals surface area (Å²) < 4.78 is 39.0. The minimum absolute atomic E-state index is 0.0792. The summed E-state index contributed by atoms with van der Waals surface area (Å²) in [4.78, 5) is 14.3. The van der Waals surface area contributed by atoms with Gasteiger partial charge >= 0.3 is 6.18 Å². The van der Waals surface area contributed by atoms with Crippen molar-refractivity contribution >= 4 is 23.2 Å². The van der Waals surface area contributed by atoms with Gasteiger partial charge in [-0.1, -0.05) is 41.9 Å². The molecule has 1 aliphatic rings. The van der Waals surface area contributed by atoms with Crippen molar-refractivity contribution in [2.75, 3.05) is 18.4 Å².